The molecule has 0 spiro atoms. The first kappa shape index (κ1) is 14.9. The van der Waals surface area contributed by atoms with E-state index in [-0.39, 0.29) is 0 Å². The van der Waals surface area contributed by atoms with E-state index >= 15 is 0 Å². The second-order valence-corrected chi connectivity index (χ2v) is 10.3. The number of fused-ring (bicyclic) bond motifs is 1. The molecule has 1 unspecified atom stereocenters. The van der Waals surface area contributed by atoms with E-state index in [4.69, 9.17) is 0 Å². The quantitative estimate of drug-likeness (QED) is 0.385. The monoisotopic (exact) mass is 450 g/mol. The largest absolute Gasteiger partial charge is 0.133 e. The summed E-state index contributed by atoms with van der Waals surface area (Å²) in [5.74, 6) is 0.441. The molecule has 4 heteroatoms. The van der Waals surface area contributed by atoms with Gasteiger partial charge in [-0.1, -0.05) is 24.3 Å². The molecule has 0 fully saturated rings. The highest BCUT2D eigenvalue weighted by Crippen LogP contribution is 2.46. The maximum atomic E-state index is 3.60. The molecule has 1 aliphatic carbocycles. The van der Waals surface area contributed by atoms with E-state index in [2.05, 4.69) is 86.5 Å². The van der Waals surface area contributed by atoms with E-state index in [0.29, 0.717) is 5.92 Å². The SMILES string of the molecule is Brc1ccc(C2=Cc3ccccc3CC2c2ccc(Br)s2)s1. The number of hydrogen-bond acceptors (Lipinski definition) is 2. The van der Waals surface area contributed by atoms with Gasteiger partial charge >= 0.3 is 0 Å². The molecule has 0 saturated heterocycles. The lowest BCUT2D eigenvalue weighted by molar-refractivity contribution is 0.865. The zero-order valence-electron chi connectivity index (χ0n) is 11.6. The first-order valence-electron chi connectivity index (χ1n) is 7.01. The van der Waals surface area contributed by atoms with E-state index < -0.39 is 0 Å². The van der Waals surface area contributed by atoms with Crippen LogP contribution in [0.25, 0.3) is 11.6 Å². The smallest absolute Gasteiger partial charge is 0.0704 e. The summed E-state index contributed by atoms with van der Waals surface area (Å²) < 4.78 is 2.39. The summed E-state index contributed by atoms with van der Waals surface area (Å²) in [4.78, 5) is 2.79. The van der Waals surface area contributed by atoms with Gasteiger partial charge in [0.25, 0.3) is 0 Å². The third-order valence-corrected chi connectivity index (χ3v) is 7.37. The summed E-state index contributed by atoms with van der Waals surface area (Å²) in [6.07, 6.45) is 3.44. The van der Waals surface area contributed by atoms with Crippen LogP contribution in [0.15, 0.2) is 56.1 Å². The lowest BCUT2D eigenvalue weighted by atomic mass is 9.82. The number of halogens is 2. The highest BCUT2D eigenvalue weighted by molar-refractivity contribution is 9.11. The van der Waals surface area contributed by atoms with Crippen LogP contribution in [-0.4, -0.2) is 0 Å². The molecule has 2 aromatic heterocycles. The molecule has 22 heavy (non-hydrogen) atoms. The Morgan fingerprint density at radius 3 is 2.36 bits per heavy atom. The average molecular weight is 452 g/mol. The van der Waals surface area contributed by atoms with E-state index in [1.165, 1.54) is 34.0 Å². The third kappa shape index (κ3) is 2.78. The number of rotatable bonds is 2. The minimum absolute atomic E-state index is 0.441. The van der Waals surface area contributed by atoms with Crippen LogP contribution in [0, 0.1) is 0 Å². The summed E-state index contributed by atoms with van der Waals surface area (Å²) in [6.45, 7) is 0. The minimum Gasteiger partial charge on any atom is -0.133 e. The molecule has 0 N–H and O–H groups in total. The highest BCUT2D eigenvalue weighted by atomic mass is 79.9. The molecule has 4 rings (SSSR count). The summed E-state index contributed by atoms with van der Waals surface area (Å²) in [5, 5.41) is 0. The zero-order chi connectivity index (χ0) is 15.1. The van der Waals surface area contributed by atoms with Gasteiger partial charge in [-0.05, 0) is 85.3 Å². The van der Waals surface area contributed by atoms with Crippen molar-refractivity contribution in [2.75, 3.05) is 0 Å². The summed E-state index contributed by atoms with van der Waals surface area (Å²) in [7, 11) is 0. The molecule has 0 amide bonds. The van der Waals surface area contributed by atoms with Gasteiger partial charge in [0.2, 0.25) is 0 Å². The lowest BCUT2D eigenvalue weighted by Gasteiger charge is -2.25. The first-order chi connectivity index (χ1) is 10.7. The standard InChI is InChI=1S/C18H12Br2S2/c19-17-7-5-15(21-17)13-9-11-3-1-2-4-12(11)10-14(13)16-6-8-18(20)22-16/h1-9,14H,10H2. The summed E-state index contributed by atoms with van der Waals surface area (Å²) >= 11 is 10.9. The van der Waals surface area contributed by atoms with Crippen LogP contribution in [0.4, 0.5) is 0 Å². The maximum absolute atomic E-state index is 3.60. The Kier molecular flexibility index (Phi) is 4.11. The van der Waals surface area contributed by atoms with Crippen molar-refractivity contribution < 1.29 is 0 Å². The maximum Gasteiger partial charge on any atom is 0.0704 e. The van der Waals surface area contributed by atoms with Crippen LogP contribution in [0.3, 0.4) is 0 Å². The first-order valence-corrected chi connectivity index (χ1v) is 10.2. The molecular weight excluding hydrogens is 440 g/mol. The molecule has 1 aromatic carbocycles. The fraction of sp³-hybridized carbons (Fsp3) is 0.111. The summed E-state index contributed by atoms with van der Waals surface area (Å²) in [6, 6.07) is 17.5. The molecule has 0 nitrogen and oxygen atoms in total. The number of hydrogen-bond donors (Lipinski definition) is 0. The van der Waals surface area contributed by atoms with Gasteiger partial charge in [-0.15, -0.1) is 22.7 Å². The van der Waals surface area contributed by atoms with Gasteiger partial charge in [0.15, 0.2) is 0 Å². The molecular formula is C18H12Br2S2. The summed E-state index contributed by atoms with van der Waals surface area (Å²) in [5.41, 5.74) is 4.23. The van der Waals surface area contributed by atoms with E-state index in [1.54, 1.807) is 0 Å². The Labute approximate surface area is 154 Å². The Bertz CT molecular complexity index is 857. The minimum atomic E-state index is 0.441. The van der Waals surface area contributed by atoms with Crippen LogP contribution in [0.2, 0.25) is 0 Å². The topological polar surface area (TPSA) is 0 Å². The Morgan fingerprint density at radius 2 is 1.64 bits per heavy atom. The van der Waals surface area contributed by atoms with Gasteiger partial charge < -0.3 is 0 Å². The fourth-order valence-electron chi connectivity index (χ4n) is 2.94. The lowest BCUT2D eigenvalue weighted by Crippen LogP contribution is -2.09. The van der Waals surface area contributed by atoms with Crippen LogP contribution >= 0.6 is 54.5 Å². The highest BCUT2D eigenvalue weighted by Gasteiger charge is 2.26. The second kappa shape index (κ2) is 6.08. The van der Waals surface area contributed by atoms with Crippen molar-refractivity contribution in [3.05, 3.63) is 77.0 Å². The molecule has 110 valence electrons. The van der Waals surface area contributed by atoms with Crippen molar-refractivity contribution in [1.29, 1.82) is 0 Å². The third-order valence-electron chi connectivity index (χ3n) is 3.96. The molecule has 0 saturated carbocycles. The van der Waals surface area contributed by atoms with Crippen molar-refractivity contribution >= 4 is 66.2 Å². The molecule has 1 atom stereocenters. The molecule has 3 aromatic rings. The zero-order valence-corrected chi connectivity index (χ0v) is 16.4. The van der Waals surface area contributed by atoms with Gasteiger partial charge in [0.1, 0.15) is 0 Å². The van der Waals surface area contributed by atoms with Crippen molar-refractivity contribution in [3.63, 3.8) is 0 Å². The molecule has 0 bridgehead atoms. The number of allylic oxidation sites excluding steroid dienone is 1. The number of thiophene rings is 2. The Hall–Kier alpha value is -0.680. The van der Waals surface area contributed by atoms with Crippen molar-refractivity contribution in [2.45, 2.75) is 12.3 Å². The normalized spacial score (nSPS) is 17.2. The van der Waals surface area contributed by atoms with Gasteiger partial charge in [0.05, 0.1) is 7.57 Å². The Morgan fingerprint density at radius 1 is 0.864 bits per heavy atom. The van der Waals surface area contributed by atoms with Crippen LogP contribution < -0.4 is 0 Å². The van der Waals surface area contributed by atoms with Gasteiger partial charge in [0, 0.05) is 15.7 Å². The van der Waals surface area contributed by atoms with Crippen molar-refractivity contribution in [2.24, 2.45) is 0 Å². The molecule has 1 aliphatic rings. The van der Waals surface area contributed by atoms with Crippen LogP contribution in [-0.2, 0) is 6.42 Å². The van der Waals surface area contributed by atoms with E-state index in [0.717, 1.165) is 6.42 Å². The predicted molar refractivity (Wildman–Crippen MR) is 105 cm³/mol. The Balaban J connectivity index is 1.86. The molecule has 2 heterocycles. The van der Waals surface area contributed by atoms with E-state index in [9.17, 15) is 0 Å². The van der Waals surface area contributed by atoms with Gasteiger partial charge in [-0.25, -0.2) is 0 Å². The fourth-order valence-corrected chi connectivity index (χ4v) is 5.94. The van der Waals surface area contributed by atoms with Crippen molar-refractivity contribution in [3.8, 4) is 0 Å². The van der Waals surface area contributed by atoms with E-state index in [1.807, 2.05) is 22.7 Å². The predicted octanol–water partition coefficient (Wildman–Crippen LogP) is 7.22. The van der Waals surface area contributed by atoms with Gasteiger partial charge in [-0.3, -0.25) is 0 Å². The molecule has 0 aliphatic heterocycles. The van der Waals surface area contributed by atoms with Crippen LogP contribution in [0.1, 0.15) is 26.8 Å². The molecule has 0 radical (unpaired) electrons. The second-order valence-electron chi connectivity index (χ2n) is 5.30. The van der Waals surface area contributed by atoms with Gasteiger partial charge in [-0.2, -0.15) is 0 Å². The van der Waals surface area contributed by atoms with Crippen LogP contribution in [0.5, 0.6) is 0 Å². The number of benzene rings is 1. The average Bonchev–Trinajstić information content (AvgIpc) is 3.14. The van der Waals surface area contributed by atoms with Crippen molar-refractivity contribution in [1.82, 2.24) is 0 Å².